The van der Waals surface area contributed by atoms with E-state index >= 15 is 0 Å². The van der Waals surface area contributed by atoms with Crippen LogP contribution in [0.25, 0.3) is 0 Å². The monoisotopic (exact) mass is 366 g/mol. The molecule has 0 aliphatic rings. The topological polar surface area (TPSA) is 64.4 Å². The van der Waals surface area contributed by atoms with E-state index in [2.05, 4.69) is 5.32 Å². The van der Waals surface area contributed by atoms with Crippen LogP contribution >= 0.6 is 12.4 Å². The zero-order chi connectivity index (χ0) is 17.5. The highest BCUT2D eigenvalue weighted by atomic mass is 35.5. The van der Waals surface area contributed by atoms with Gasteiger partial charge < -0.3 is 15.8 Å². The van der Waals surface area contributed by atoms with Crippen molar-refractivity contribution in [3.63, 3.8) is 0 Å². The lowest BCUT2D eigenvalue weighted by atomic mass is 10.0. The van der Waals surface area contributed by atoms with Gasteiger partial charge in [0.15, 0.2) is 11.6 Å². The maximum absolute atomic E-state index is 13.7. The van der Waals surface area contributed by atoms with E-state index < -0.39 is 5.82 Å². The Labute approximate surface area is 154 Å². The number of para-hydroxylation sites is 1. The van der Waals surface area contributed by atoms with Crippen LogP contribution in [0.3, 0.4) is 0 Å². The Kier molecular flexibility index (Phi) is 8.38. The Morgan fingerprint density at radius 3 is 2.32 bits per heavy atom. The molecule has 4 nitrogen and oxygen atoms in total. The first-order valence-electron chi connectivity index (χ1n) is 7.97. The van der Waals surface area contributed by atoms with Crippen LogP contribution in [0.1, 0.15) is 25.5 Å². The molecule has 1 amide bonds. The molecule has 0 saturated carbocycles. The smallest absolute Gasteiger partial charge is 0.224 e. The zero-order valence-electron chi connectivity index (χ0n) is 14.3. The van der Waals surface area contributed by atoms with Gasteiger partial charge in [-0.2, -0.15) is 0 Å². The number of carbonyl (C=O) groups excluding carboxylic acids is 1. The fourth-order valence-electron chi connectivity index (χ4n) is 2.18. The quantitative estimate of drug-likeness (QED) is 0.788. The molecule has 2 aromatic carbocycles. The predicted octanol–water partition coefficient (Wildman–Crippen LogP) is 3.47. The molecule has 0 radical (unpaired) electrons. The van der Waals surface area contributed by atoms with Crippen molar-refractivity contribution < 1.29 is 13.9 Å². The molecule has 0 aromatic heterocycles. The Hall–Kier alpha value is -2.11. The third-order valence-electron chi connectivity index (χ3n) is 3.96. The third kappa shape index (κ3) is 6.03. The van der Waals surface area contributed by atoms with Crippen molar-refractivity contribution in [3.05, 3.63) is 66.0 Å². The summed E-state index contributed by atoms with van der Waals surface area (Å²) in [5.74, 6) is -0.756. The lowest BCUT2D eigenvalue weighted by Gasteiger charge is -2.23. The summed E-state index contributed by atoms with van der Waals surface area (Å²) < 4.78 is 19.3. The second-order valence-electron chi connectivity index (χ2n) is 5.86. The van der Waals surface area contributed by atoms with E-state index in [0.29, 0.717) is 0 Å². The van der Waals surface area contributed by atoms with E-state index in [1.807, 2.05) is 30.3 Å². The van der Waals surface area contributed by atoms with Crippen molar-refractivity contribution in [1.82, 2.24) is 5.32 Å². The van der Waals surface area contributed by atoms with E-state index in [-0.39, 0.29) is 48.7 Å². The Morgan fingerprint density at radius 2 is 1.72 bits per heavy atom. The van der Waals surface area contributed by atoms with Gasteiger partial charge in [0.2, 0.25) is 5.91 Å². The minimum atomic E-state index is -0.431. The van der Waals surface area contributed by atoms with Gasteiger partial charge in [0.25, 0.3) is 0 Å². The summed E-state index contributed by atoms with van der Waals surface area (Å²) in [6.45, 7) is 3.69. The van der Waals surface area contributed by atoms with E-state index in [9.17, 15) is 9.18 Å². The van der Waals surface area contributed by atoms with E-state index in [1.54, 1.807) is 32.0 Å². The number of ether oxygens (including phenoxy) is 1. The molecule has 0 heterocycles. The number of hydrogen-bond acceptors (Lipinski definition) is 3. The molecule has 3 N–H and O–H groups in total. The molecule has 136 valence electrons. The summed E-state index contributed by atoms with van der Waals surface area (Å²) in [6.07, 6.45) is 0. The molecular formula is C19H24ClFN2O2. The van der Waals surface area contributed by atoms with Gasteiger partial charge in [0, 0.05) is 12.0 Å². The first-order valence-corrected chi connectivity index (χ1v) is 7.97. The third-order valence-corrected chi connectivity index (χ3v) is 3.96. The second kappa shape index (κ2) is 10.0. The molecule has 3 atom stereocenters. The number of hydrogen-bond donors (Lipinski definition) is 2. The predicted molar refractivity (Wildman–Crippen MR) is 99.3 cm³/mol. The highest BCUT2D eigenvalue weighted by Crippen LogP contribution is 2.20. The maximum Gasteiger partial charge on any atom is 0.224 e. The van der Waals surface area contributed by atoms with Crippen LogP contribution in [-0.4, -0.2) is 18.6 Å². The summed E-state index contributed by atoms with van der Waals surface area (Å²) in [7, 11) is 0. The number of halogens is 2. The van der Waals surface area contributed by atoms with Crippen LogP contribution in [0.2, 0.25) is 0 Å². The molecule has 25 heavy (non-hydrogen) atoms. The fraction of sp³-hybridized carbons (Fsp3) is 0.316. The molecule has 0 aliphatic carbocycles. The molecule has 6 heteroatoms. The van der Waals surface area contributed by atoms with Gasteiger partial charge >= 0.3 is 0 Å². The van der Waals surface area contributed by atoms with Crippen LogP contribution in [0.15, 0.2) is 54.6 Å². The number of carbonyl (C=O) groups is 1. The number of rotatable bonds is 7. The van der Waals surface area contributed by atoms with Crippen molar-refractivity contribution in [2.75, 3.05) is 6.61 Å². The lowest BCUT2D eigenvalue weighted by Crippen LogP contribution is -2.41. The molecule has 0 fully saturated rings. The van der Waals surface area contributed by atoms with Crippen molar-refractivity contribution in [2.45, 2.75) is 25.9 Å². The van der Waals surface area contributed by atoms with Gasteiger partial charge in [0.1, 0.15) is 6.61 Å². The molecular weight excluding hydrogens is 343 g/mol. The highest BCUT2D eigenvalue weighted by molar-refractivity contribution is 5.85. The van der Waals surface area contributed by atoms with E-state index in [4.69, 9.17) is 10.5 Å². The van der Waals surface area contributed by atoms with Crippen molar-refractivity contribution in [1.29, 1.82) is 0 Å². The molecule has 0 spiro atoms. The maximum atomic E-state index is 13.7. The summed E-state index contributed by atoms with van der Waals surface area (Å²) in [5, 5.41) is 2.94. The molecule has 2 rings (SSSR count). The first kappa shape index (κ1) is 20.9. The number of amides is 1. The molecule has 3 unspecified atom stereocenters. The van der Waals surface area contributed by atoms with Gasteiger partial charge in [-0.3, -0.25) is 4.79 Å². The fourth-order valence-corrected chi connectivity index (χ4v) is 2.18. The zero-order valence-corrected chi connectivity index (χ0v) is 15.1. The van der Waals surface area contributed by atoms with Crippen molar-refractivity contribution in [2.24, 2.45) is 11.7 Å². The normalized spacial score (nSPS) is 13.9. The minimum Gasteiger partial charge on any atom is -0.488 e. The molecule has 2 aromatic rings. The van der Waals surface area contributed by atoms with Gasteiger partial charge in [0.05, 0.1) is 6.04 Å². The van der Waals surface area contributed by atoms with Crippen LogP contribution in [0, 0.1) is 11.7 Å². The summed E-state index contributed by atoms with van der Waals surface area (Å²) >= 11 is 0. The Bertz CT molecular complexity index is 667. The van der Waals surface area contributed by atoms with Crippen LogP contribution in [-0.2, 0) is 4.79 Å². The highest BCUT2D eigenvalue weighted by Gasteiger charge is 2.22. The van der Waals surface area contributed by atoms with E-state index in [1.165, 1.54) is 6.07 Å². The van der Waals surface area contributed by atoms with Gasteiger partial charge in [-0.05, 0) is 24.6 Å². The van der Waals surface area contributed by atoms with Crippen LogP contribution in [0.5, 0.6) is 5.75 Å². The minimum absolute atomic E-state index is 0. The summed E-state index contributed by atoms with van der Waals surface area (Å²) in [4.78, 5) is 12.3. The number of nitrogens with two attached hydrogens (primary N) is 1. The van der Waals surface area contributed by atoms with Gasteiger partial charge in [-0.25, -0.2) is 4.39 Å². The van der Waals surface area contributed by atoms with Gasteiger partial charge in [-0.15, -0.1) is 12.4 Å². The van der Waals surface area contributed by atoms with Crippen LogP contribution in [0.4, 0.5) is 4.39 Å². The Morgan fingerprint density at radius 1 is 1.12 bits per heavy atom. The number of nitrogens with one attached hydrogen (secondary N) is 1. The van der Waals surface area contributed by atoms with Crippen molar-refractivity contribution >= 4 is 18.3 Å². The van der Waals surface area contributed by atoms with Crippen molar-refractivity contribution in [3.8, 4) is 5.75 Å². The standard InChI is InChI=1S/C19H23FN2O2.ClH/c1-13(14(2)21)19(23)22-17(15-8-4-3-5-9-15)12-24-18-11-7-6-10-16(18)20;/h3-11,13-14,17H,12,21H2,1-2H3,(H,22,23);1H. The van der Waals surface area contributed by atoms with Gasteiger partial charge in [-0.1, -0.05) is 49.4 Å². The molecule has 0 aliphatic heterocycles. The largest absolute Gasteiger partial charge is 0.488 e. The first-order chi connectivity index (χ1) is 11.5. The second-order valence-corrected chi connectivity index (χ2v) is 5.86. The average Bonchev–Trinajstić information content (AvgIpc) is 2.59. The van der Waals surface area contributed by atoms with Crippen LogP contribution < -0.4 is 15.8 Å². The SMILES string of the molecule is CC(N)C(C)C(=O)NC(COc1ccccc1F)c1ccccc1.Cl. The lowest BCUT2D eigenvalue weighted by molar-refractivity contribution is -0.126. The molecule has 0 bridgehead atoms. The summed E-state index contributed by atoms with van der Waals surface area (Å²) in [5.41, 5.74) is 6.68. The summed E-state index contributed by atoms with van der Waals surface area (Å²) in [6, 6.07) is 15.0. The molecule has 0 saturated heterocycles. The average molecular weight is 367 g/mol. The number of benzene rings is 2. The Balaban J connectivity index is 0.00000312. The van der Waals surface area contributed by atoms with E-state index in [0.717, 1.165) is 5.56 Å².